The van der Waals surface area contributed by atoms with Gasteiger partial charge in [0.1, 0.15) is 0 Å². The molecule has 5 nitrogen and oxygen atoms in total. The third kappa shape index (κ3) is 6.55. The average molecular weight is 238 g/mol. The third-order valence-electron chi connectivity index (χ3n) is 1.36. The van der Waals surface area contributed by atoms with Crippen molar-refractivity contribution in [3.63, 3.8) is 0 Å². The summed E-state index contributed by atoms with van der Waals surface area (Å²) in [5.74, 6) is -3.05. The largest absolute Gasteiger partial charge is 1.00 e. The molecular weight excluding hydrogens is 230 g/mol. The fraction of sp³-hybridized carbons (Fsp3) is 0.667. The molecule has 8 heteroatoms. The summed E-state index contributed by atoms with van der Waals surface area (Å²) in [4.78, 5) is 20.3. The number of rotatable bonds is 4. The van der Waals surface area contributed by atoms with Crippen molar-refractivity contribution >= 4 is 22.7 Å². The molecule has 2 unspecified atom stereocenters. The Hall–Kier alpha value is 1.09. The van der Waals surface area contributed by atoms with Gasteiger partial charge in [0.2, 0.25) is 0 Å². The Labute approximate surface area is 129 Å². The molecular formula is C6H8Na2O5S. The van der Waals surface area contributed by atoms with E-state index in [-0.39, 0.29) is 59.1 Å². The van der Waals surface area contributed by atoms with Gasteiger partial charge in [-0.05, 0) is 13.8 Å². The topological polar surface area (TPSA) is 97.3 Å². The van der Waals surface area contributed by atoms with Gasteiger partial charge in [0.15, 0.2) is 0 Å². The van der Waals surface area contributed by atoms with Crippen LogP contribution in [0, 0.1) is 0 Å². The molecule has 0 aromatic carbocycles. The first-order valence-corrected chi connectivity index (χ1v) is 4.46. The van der Waals surface area contributed by atoms with Crippen LogP contribution < -0.4 is 69.3 Å². The molecule has 0 heterocycles. The first-order chi connectivity index (χ1) is 5.37. The summed E-state index contributed by atoms with van der Waals surface area (Å²) in [5, 5.41) is 17.7. The van der Waals surface area contributed by atoms with E-state index in [2.05, 4.69) is 0 Å². The SMILES string of the molecule is CC(C(=O)[O-])S(=O)C(C)C(=O)[O-].[Na+].[Na+]. The molecule has 0 aliphatic rings. The Balaban J connectivity index is -0.000000605. The fourth-order valence-corrected chi connectivity index (χ4v) is 1.49. The molecule has 2 atom stereocenters. The maximum absolute atomic E-state index is 11.0. The minimum absolute atomic E-state index is 0. The van der Waals surface area contributed by atoms with E-state index in [9.17, 15) is 24.0 Å². The quantitative estimate of drug-likeness (QED) is 0.453. The second kappa shape index (κ2) is 9.33. The maximum atomic E-state index is 11.0. The summed E-state index contributed by atoms with van der Waals surface area (Å²) in [6.45, 7) is 2.26. The van der Waals surface area contributed by atoms with Crippen LogP contribution >= 0.6 is 0 Å². The van der Waals surface area contributed by atoms with Gasteiger partial charge in [-0.25, -0.2) is 0 Å². The molecule has 0 aromatic heterocycles. The molecule has 0 radical (unpaired) electrons. The van der Waals surface area contributed by atoms with E-state index in [1.165, 1.54) is 0 Å². The molecule has 0 bridgehead atoms. The average Bonchev–Trinajstić information content (AvgIpc) is 2.00. The third-order valence-corrected chi connectivity index (χ3v) is 3.14. The van der Waals surface area contributed by atoms with E-state index in [1.807, 2.05) is 0 Å². The van der Waals surface area contributed by atoms with Crippen LogP contribution in [0.3, 0.4) is 0 Å². The van der Waals surface area contributed by atoms with Crippen molar-refractivity contribution < 1.29 is 83.1 Å². The monoisotopic (exact) mass is 238 g/mol. The Morgan fingerprint density at radius 1 is 1.00 bits per heavy atom. The molecule has 0 aliphatic carbocycles. The van der Waals surface area contributed by atoms with E-state index >= 15 is 0 Å². The van der Waals surface area contributed by atoms with Crippen LogP contribution in [0.15, 0.2) is 0 Å². The number of hydrogen-bond donors (Lipinski definition) is 0. The van der Waals surface area contributed by atoms with Gasteiger partial charge in [0.25, 0.3) is 0 Å². The van der Waals surface area contributed by atoms with E-state index in [0.29, 0.717) is 0 Å². The second-order valence-corrected chi connectivity index (χ2v) is 4.32. The molecule has 0 rings (SSSR count). The molecule has 0 fully saturated rings. The first-order valence-electron chi connectivity index (χ1n) is 3.19. The molecule has 0 saturated heterocycles. The van der Waals surface area contributed by atoms with Crippen LogP contribution in [0.2, 0.25) is 0 Å². The van der Waals surface area contributed by atoms with E-state index in [4.69, 9.17) is 0 Å². The molecule has 14 heavy (non-hydrogen) atoms. The zero-order chi connectivity index (χ0) is 9.89. The van der Waals surface area contributed by atoms with Gasteiger partial charge in [-0.3, -0.25) is 4.21 Å². The molecule has 0 N–H and O–H groups in total. The van der Waals surface area contributed by atoms with Crippen LogP contribution in [-0.2, 0) is 20.4 Å². The standard InChI is InChI=1S/C6H10O5S.2Na/c1-3(5(7)8)12(11)4(2)6(9)10;;/h3-4H,1-2H3,(H,7,8)(H,9,10);;/q;2*+1/p-2. The number of carbonyl (C=O) groups excluding carboxylic acids is 2. The molecule has 70 valence electrons. The number of carbonyl (C=O) groups is 2. The van der Waals surface area contributed by atoms with Crippen LogP contribution in [0.1, 0.15) is 13.8 Å². The predicted octanol–water partition coefficient (Wildman–Crippen LogP) is -8.98. The fourth-order valence-electron chi connectivity index (χ4n) is 0.496. The van der Waals surface area contributed by atoms with Gasteiger partial charge in [0, 0.05) is 10.8 Å². The molecule has 0 spiro atoms. The second-order valence-electron chi connectivity index (χ2n) is 2.25. The zero-order valence-corrected chi connectivity index (χ0v) is 13.4. The minimum Gasteiger partial charge on any atom is -0.549 e. The summed E-state index contributed by atoms with van der Waals surface area (Å²) < 4.78 is 11.0. The number of carboxylic acids is 2. The Kier molecular flexibility index (Phi) is 13.7. The van der Waals surface area contributed by atoms with E-state index in [0.717, 1.165) is 13.8 Å². The van der Waals surface area contributed by atoms with Gasteiger partial charge in [-0.1, -0.05) is 0 Å². The van der Waals surface area contributed by atoms with Crippen molar-refractivity contribution in [2.45, 2.75) is 24.3 Å². The number of carboxylic acid groups (broad SMARTS) is 2. The van der Waals surface area contributed by atoms with Crippen molar-refractivity contribution in [2.24, 2.45) is 0 Å². The Morgan fingerprint density at radius 2 is 1.21 bits per heavy atom. The molecule has 0 amide bonds. The molecule has 0 saturated carbocycles. The molecule has 0 aliphatic heterocycles. The van der Waals surface area contributed by atoms with Crippen molar-refractivity contribution in [1.82, 2.24) is 0 Å². The van der Waals surface area contributed by atoms with Gasteiger partial charge in [0.05, 0.1) is 22.4 Å². The molecule has 0 aromatic rings. The van der Waals surface area contributed by atoms with Crippen molar-refractivity contribution in [2.75, 3.05) is 0 Å². The van der Waals surface area contributed by atoms with Crippen LogP contribution in [-0.4, -0.2) is 26.6 Å². The normalized spacial score (nSPS) is 15.3. The van der Waals surface area contributed by atoms with Gasteiger partial charge in [-0.2, -0.15) is 0 Å². The Bertz CT molecular complexity index is 210. The Morgan fingerprint density at radius 3 is 1.36 bits per heavy atom. The van der Waals surface area contributed by atoms with Crippen molar-refractivity contribution in [1.29, 1.82) is 0 Å². The van der Waals surface area contributed by atoms with Crippen LogP contribution in [0.5, 0.6) is 0 Å². The summed E-state index contributed by atoms with van der Waals surface area (Å²) in [7, 11) is -1.99. The number of aliphatic carboxylic acids is 2. The predicted molar refractivity (Wildman–Crippen MR) is 37.1 cm³/mol. The van der Waals surface area contributed by atoms with Crippen molar-refractivity contribution in [3.8, 4) is 0 Å². The van der Waals surface area contributed by atoms with E-state index in [1.54, 1.807) is 0 Å². The summed E-state index contributed by atoms with van der Waals surface area (Å²) in [5.41, 5.74) is 0. The first kappa shape index (κ1) is 20.5. The van der Waals surface area contributed by atoms with E-state index < -0.39 is 33.2 Å². The maximum Gasteiger partial charge on any atom is 1.00 e. The van der Waals surface area contributed by atoms with Gasteiger partial charge in [-0.15, -0.1) is 0 Å². The summed E-state index contributed by atoms with van der Waals surface area (Å²) in [6, 6.07) is 0. The van der Waals surface area contributed by atoms with Crippen LogP contribution in [0.25, 0.3) is 0 Å². The van der Waals surface area contributed by atoms with Crippen LogP contribution in [0.4, 0.5) is 0 Å². The minimum atomic E-state index is -1.99. The van der Waals surface area contributed by atoms with Crippen molar-refractivity contribution in [3.05, 3.63) is 0 Å². The summed E-state index contributed by atoms with van der Waals surface area (Å²) >= 11 is 0. The zero-order valence-electron chi connectivity index (χ0n) is 8.60. The number of hydrogen-bond acceptors (Lipinski definition) is 5. The van der Waals surface area contributed by atoms with Gasteiger partial charge >= 0.3 is 59.1 Å². The smallest absolute Gasteiger partial charge is 0.549 e. The summed E-state index contributed by atoms with van der Waals surface area (Å²) in [6.07, 6.45) is 0. The van der Waals surface area contributed by atoms with Gasteiger partial charge < -0.3 is 19.8 Å².